The Morgan fingerprint density at radius 1 is 1.40 bits per heavy atom. The molecule has 2 rings (SSSR count). The molecule has 0 unspecified atom stereocenters. The molecule has 78 valence electrons. The Kier molecular flexibility index (Phi) is 2.19. The molecule has 2 aromatic rings. The Balaban J connectivity index is 2.59. The molecular weight excluding hydrogens is 195 g/mol. The molecule has 0 saturated heterocycles. The fourth-order valence-electron chi connectivity index (χ4n) is 1.58. The molecule has 0 aliphatic carbocycles. The standard InChI is InChI=1S/C11H11FN2O/c1-7-5-8(12)3-4-9(7)11-13-10(15)6-14(11)2/h3-6,15H,1-2H3. The summed E-state index contributed by atoms with van der Waals surface area (Å²) >= 11 is 0. The molecule has 0 radical (unpaired) electrons. The third-order valence-corrected chi connectivity index (χ3v) is 2.29. The molecule has 0 fully saturated rings. The monoisotopic (exact) mass is 206 g/mol. The van der Waals surface area contributed by atoms with E-state index in [1.165, 1.54) is 18.3 Å². The van der Waals surface area contributed by atoms with E-state index in [1.54, 1.807) is 17.7 Å². The molecule has 0 amide bonds. The van der Waals surface area contributed by atoms with Crippen molar-refractivity contribution in [1.29, 1.82) is 0 Å². The smallest absolute Gasteiger partial charge is 0.229 e. The molecule has 0 bridgehead atoms. The number of hydrogen-bond acceptors (Lipinski definition) is 2. The molecule has 0 aliphatic heterocycles. The second kappa shape index (κ2) is 3.38. The van der Waals surface area contributed by atoms with Gasteiger partial charge in [0.15, 0.2) is 0 Å². The molecule has 0 atom stereocenters. The van der Waals surface area contributed by atoms with Crippen molar-refractivity contribution in [2.75, 3.05) is 0 Å². The summed E-state index contributed by atoms with van der Waals surface area (Å²) in [6.07, 6.45) is 1.51. The topological polar surface area (TPSA) is 38.1 Å². The summed E-state index contributed by atoms with van der Waals surface area (Å²) in [6, 6.07) is 4.49. The second-order valence-corrected chi connectivity index (χ2v) is 3.49. The molecule has 0 saturated carbocycles. The fourth-order valence-corrected chi connectivity index (χ4v) is 1.58. The average molecular weight is 206 g/mol. The van der Waals surface area contributed by atoms with E-state index in [0.717, 1.165) is 11.1 Å². The lowest BCUT2D eigenvalue weighted by atomic mass is 10.1. The summed E-state index contributed by atoms with van der Waals surface area (Å²) in [5.41, 5.74) is 1.61. The normalized spacial score (nSPS) is 10.6. The first-order valence-electron chi connectivity index (χ1n) is 4.57. The Labute approximate surface area is 86.8 Å². The Bertz CT molecular complexity index is 505. The van der Waals surface area contributed by atoms with Crippen LogP contribution in [-0.2, 0) is 7.05 Å². The van der Waals surface area contributed by atoms with Crippen molar-refractivity contribution in [2.45, 2.75) is 6.92 Å². The van der Waals surface area contributed by atoms with E-state index >= 15 is 0 Å². The van der Waals surface area contributed by atoms with Crippen LogP contribution in [0.3, 0.4) is 0 Å². The number of rotatable bonds is 1. The van der Waals surface area contributed by atoms with Crippen LogP contribution in [0.15, 0.2) is 24.4 Å². The maximum atomic E-state index is 12.9. The van der Waals surface area contributed by atoms with Crippen LogP contribution in [0.25, 0.3) is 11.4 Å². The van der Waals surface area contributed by atoms with Gasteiger partial charge in [0.2, 0.25) is 5.88 Å². The van der Waals surface area contributed by atoms with Gasteiger partial charge in [-0.25, -0.2) is 4.39 Å². The van der Waals surface area contributed by atoms with Crippen LogP contribution in [-0.4, -0.2) is 14.7 Å². The summed E-state index contributed by atoms with van der Waals surface area (Å²) < 4.78 is 14.6. The zero-order valence-electron chi connectivity index (χ0n) is 8.53. The second-order valence-electron chi connectivity index (χ2n) is 3.49. The van der Waals surface area contributed by atoms with Crippen molar-refractivity contribution in [1.82, 2.24) is 9.55 Å². The molecule has 15 heavy (non-hydrogen) atoms. The average Bonchev–Trinajstić information content (AvgIpc) is 2.45. The first-order valence-corrected chi connectivity index (χ1v) is 4.57. The SMILES string of the molecule is Cc1cc(F)ccc1-c1nc(O)cn1C. The van der Waals surface area contributed by atoms with Gasteiger partial charge in [-0.05, 0) is 30.7 Å². The number of aryl methyl sites for hydroxylation is 2. The van der Waals surface area contributed by atoms with Crippen molar-refractivity contribution in [3.63, 3.8) is 0 Å². The molecule has 1 aromatic heterocycles. The van der Waals surface area contributed by atoms with Crippen LogP contribution in [0.1, 0.15) is 5.56 Å². The maximum absolute atomic E-state index is 12.9. The number of halogens is 1. The zero-order chi connectivity index (χ0) is 11.0. The lowest BCUT2D eigenvalue weighted by molar-refractivity contribution is 0.456. The van der Waals surface area contributed by atoms with E-state index < -0.39 is 0 Å². The molecule has 0 aliphatic rings. The summed E-state index contributed by atoms with van der Waals surface area (Å²) in [4.78, 5) is 3.97. The summed E-state index contributed by atoms with van der Waals surface area (Å²) in [7, 11) is 1.78. The van der Waals surface area contributed by atoms with Crippen LogP contribution in [0.4, 0.5) is 4.39 Å². The number of aromatic nitrogens is 2. The molecule has 1 heterocycles. The van der Waals surface area contributed by atoms with E-state index in [0.29, 0.717) is 5.82 Å². The van der Waals surface area contributed by atoms with Crippen LogP contribution in [0, 0.1) is 12.7 Å². The van der Waals surface area contributed by atoms with Crippen molar-refractivity contribution in [3.8, 4) is 17.3 Å². The highest BCUT2D eigenvalue weighted by Gasteiger charge is 2.09. The van der Waals surface area contributed by atoms with Gasteiger partial charge in [-0.3, -0.25) is 0 Å². The van der Waals surface area contributed by atoms with Gasteiger partial charge in [0.1, 0.15) is 11.6 Å². The minimum atomic E-state index is -0.269. The van der Waals surface area contributed by atoms with Gasteiger partial charge < -0.3 is 9.67 Å². The number of benzene rings is 1. The van der Waals surface area contributed by atoms with E-state index in [4.69, 9.17) is 0 Å². The molecule has 0 spiro atoms. The zero-order valence-corrected chi connectivity index (χ0v) is 8.53. The van der Waals surface area contributed by atoms with Crippen LogP contribution < -0.4 is 0 Å². The Hall–Kier alpha value is -1.84. The summed E-state index contributed by atoms with van der Waals surface area (Å²) in [5, 5.41) is 9.23. The molecular formula is C11H11FN2O. The Morgan fingerprint density at radius 3 is 2.67 bits per heavy atom. The third-order valence-electron chi connectivity index (χ3n) is 2.29. The van der Waals surface area contributed by atoms with Gasteiger partial charge in [0, 0.05) is 12.6 Å². The van der Waals surface area contributed by atoms with Crippen LogP contribution >= 0.6 is 0 Å². The number of imidazole rings is 1. The highest BCUT2D eigenvalue weighted by molar-refractivity contribution is 5.61. The maximum Gasteiger partial charge on any atom is 0.229 e. The van der Waals surface area contributed by atoms with Gasteiger partial charge >= 0.3 is 0 Å². The van der Waals surface area contributed by atoms with Gasteiger partial charge in [-0.2, -0.15) is 4.98 Å². The lowest BCUT2D eigenvalue weighted by Gasteiger charge is -2.04. The highest BCUT2D eigenvalue weighted by atomic mass is 19.1. The van der Waals surface area contributed by atoms with Crippen LogP contribution in [0.5, 0.6) is 5.88 Å². The minimum absolute atomic E-state index is 0.0313. The fraction of sp³-hybridized carbons (Fsp3) is 0.182. The highest BCUT2D eigenvalue weighted by Crippen LogP contribution is 2.24. The molecule has 4 heteroatoms. The van der Waals surface area contributed by atoms with Crippen molar-refractivity contribution in [3.05, 3.63) is 35.8 Å². The number of nitrogens with zero attached hydrogens (tertiary/aromatic N) is 2. The lowest BCUT2D eigenvalue weighted by Crippen LogP contribution is -1.93. The first kappa shape index (κ1) is 9.71. The van der Waals surface area contributed by atoms with Crippen molar-refractivity contribution in [2.24, 2.45) is 7.05 Å². The molecule has 3 nitrogen and oxygen atoms in total. The van der Waals surface area contributed by atoms with Gasteiger partial charge in [-0.1, -0.05) is 0 Å². The van der Waals surface area contributed by atoms with Gasteiger partial charge in [-0.15, -0.1) is 0 Å². The largest absolute Gasteiger partial charge is 0.492 e. The summed E-state index contributed by atoms with van der Waals surface area (Å²) in [6.45, 7) is 1.81. The van der Waals surface area contributed by atoms with Gasteiger partial charge in [0.05, 0.1) is 6.20 Å². The van der Waals surface area contributed by atoms with E-state index in [2.05, 4.69) is 4.98 Å². The number of hydrogen-bond donors (Lipinski definition) is 1. The van der Waals surface area contributed by atoms with E-state index in [1.807, 2.05) is 6.92 Å². The third kappa shape index (κ3) is 1.70. The minimum Gasteiger partial charge on any atom is -0.492 e. The quantitative estimate of drug-likeness (QED) is 0.777. The summed E-state index contributed by atoms with van der Waals surface area (Å²) in [5.74, 6) is 0.330. The Morgan fingerprint density at radius 2 is 2.13 bits per heavy atom. The predicted molar refractivity (Wildman–Crippen MR) is 55.0 cm³/mol. The van der Waals surface area contributed by atoms with E-state index in [9.17, 15) is 9.50 Å². The van der Waals surface area contributed by atoms with Gasteiger partial charge in [0.25, 0.3) is 0 Å². The first-order chi connectivity index (χ1) is 7.08. The van der Waals surface area contributed by atoms with E-state index in [-0.39, 0.29) is 11.7 Å². The predicted octanol–water partition coefficient (Wildman–Crippen LogP) is 2.24. The number of aromatic hydroxyl groups is 1. The van der Waals surface area contributed by atoms with Crippen LogP contribution in [0.2, 0.25) is 0 Å². The molecule has 1 aromatic carbocycles. The van der Waals surface area contributed by atoms with Crippen molar-refractivity contribution >= 4 is 0 Å². The van der Waals surface area contributed by atoms with Crippen molar-refractivity contribution < 1.29 is 9.50 Å². The molecule has 1 N–H and O–H groups in total.